The van der Waals surface area contributed by atoms with Crippen molar-refractivity contribution in [2.24, 2.45) is 0 Å². The van der Waals surface area contributed by atoms with Gasteiger partial charge in [0.1, 0.15) is 6.29 Å². The average molecular weight is 523 g/mol. The van der Waals surface area contributed by atoms with E-state index in [-0.39, 0.29) is 5.41 Å². The predicted molar refractivity (Wildman–Crippen MR) is 168 cm³/mol. The summed E-state index contributed by atoms with van der Waals surface area (Å²) < 4.78 is 0. The van der Waals surface area contributed by atoms with Crippen LogP contribution in [0.5, 0.6) is 0 Å². The van der Waals surface area contributed by atoms with Crippen molar-refractivity contribution in [2.75, 3.05) is 16.8 Å². The molecule has 0 bridgehead atoms. The molecule has 0 radical (unpaired) electrons. The fraction of sp³-hybridized carbons (Fsp3) is 0.162. The van der Waals surface area contributed by atoms with Gasteiger partial charge in [0.2, 0.25) is 0 Å². The van der Waals surface area contributed by atoms with Crippen LogP contribution in [0.4, 0.5) is 28.4 Å². The minimum absolute atomic E-state index is 0.174. The molecule has 0 N–H and O–H groups in total. The van der Waals surface area contributed by atoms with Gasteiger partial charge in [0.15, 0.2) is 0 Å². The van der Waals surface area contributed by atoms with Crippen LogP contribution in [0, 0.1) is 13.8 Å². The van der Waals surface area contributed by atoms with E-state index in [4.69, 9.17) is 0 Å². The van der Waals surface area contributed by atoms with E-state index in [2.05, 4.69) is 136 Å². The van der Waals surface area contributed by atoms with Gasteiger partial charge in [-0.3, -0.25) is 4.79 Å². The highest BCUT2D eigenvalue weighted by atomic mass is 16.1. The van der Waals surface area contributed by atoms with E-state index in [1.54, 1.807) is 0 Å². The van der Waals surface area contributed by atoms with Gasteiger partial charge in [0.25, 0.3) is 0 Å². The van der Waals surface area contributed by atoms with Crippen LogP contribution in [0.1, 0.15) is 46.5 Å². The highest BCUT2D eigenvalue weighted by Gasteiger charge is 2.36. The molecule has 3 nitrogen and oxygen atoms in total. The predicted octanol–water partition coefficient (Wildman–Crippen LogP) is 9.66. The van der Waals surface area contributed by atoms with Crippen LogP contribution in [-0.4, -0.2) is 13.3 Å². The molecule has 198 valence electrons. The Hall–Kier alpha value is -4.63. The number of carbonyl (C=O) groups excluding carboxylic acids is 1. The number of hydrogen-bond donors (Lipinski definition) is 0. The number of aryl methyl sites for hydroxylation is 2. The first-order chi connectivity index (χ1) is 19.3. The molecule has 0 aromatic heterocycles. The lowest BCUT2D eigenvalue weighted by molar-refractivity contribution is 0.112. The van der Waals surface area contributed by atoms with E-state index in [0.717, 1.165) is 23.3 Å². The summed E-state index contributed by atoms with van der Waals surface area (Å²) in [5, 5.41) is 0. The molecular weight excluding hydrogens is 488 g/mol. The summed E-state index contributed by atoms with van der Waals surface area (Å²) in [6.45, 7) is 8.88. The van der Waals surface area contributed by atoms with Crippen LogP contribution >= 0.6 is 0 Å². The van der Waals surface area contributed by atoms with Gasteiger partial charge in [0.05, 0.1) is 0 Å². The molecule has 6 rings (SSSR count). The summed E-state index contributed by atoms with van der Waals surface area (Å²) in [7, 11) is 2.14. The van der Waals surface area contributed by atoms with Crippen molar-refractivity contribution in [1.29, 1.82) is 0 Å². The van der Waals surface area contributed by atoms with E-state index in [1.807, 2.05) is 18.2 Å². The second-order valence-corrected chi connectivity index (χ2v) is 11.4. The lowest BCUT2D eigenvalue weighted by Gasteiger charge is -2.28. The standard InChI is InChI=1S/C37H34N2O/c1-25-9-6-12-28(19-25)38(5)29-15-17-33-34-18-16-32(23-36(34)37(3,4)35(33)22-29)39(30-13-7-10-26(2)20-30)31-14-8-11-27(21-31)24-40/h6-24H,1-5H3. The monoisotopic (exact) mass is 522 g/mol. The molecule has 5 aromatic carbocycles. The lowest BCUT2D eigenvalue weighted by atomic mass is 9.82. The van der Waals surface area contributed by atoms with Crippen LogP contribution in [0.15, 0.2) is 109 Å². The van der Waals surface area contributed by atoms with E-state index in [1.165, 1.54) is 44.8 Å². The molecular formula is C37H34N2O. The largest absolute Gasteiger partial charge is 0.345 e. The van der Waals surface area contributed by atoms with E-state index in [9.17, 15) is 4.79 Å². The number of hydrogen-bond acceptors (Lipinski definition) is 3. The maximum atomic E-state index is 11.6. The molecule has 1 aliphatic rings. The Kier molecular flexibility index (Phi) is 6.31. The number of anilines is 5. The van der Waals surface area contributed by atoms with Crippen LogP contribution in [0.3, 0.4) is 0 Å². The molecule has 0 fully saturated rings. The number of fused-ring (bicyclic) bond motifs is 3. The molecule has 0 spiro atoms. The summed E-state index contributed by atoms with van der Waals surface area (Å²) in [4.78, 5) is 16.1. The molecule has 0 saturated heterocycles. The molecule has 0 saturated carbocycles. The van der Waals surface area contributed by atoms with Gasteiger partial charge >= 0.3 is 0 Å². The number of benzene rings is 5. The van der Waals surface area contributed by atoms with Gasteiger partial charge < -0.3 is 9.80 Å². The minimum atomic E-state index is -0.174. The van der Waals surface area contributed by atoms with E-state index >= 15 is 0 Å². The normalized spacial score (nSPS) is 12.9. The van der Waals surface area contributed by atoms with Crippen molar-refractivity contribution in [1.82, 2.24) is 0 Å². The van der Waals surface area contributed by atoms with Crippen molar-refractivity contribution in [3.05, 3.63) is 137 Å². The van der Waals surface area contributed by atoms with Gasteiger partial charge in [-0.15, -0.1) is 0 Å². The van der Waals surface area contributed by atoms with Crippen LogP contribution in [-0.2, 0) is 5.41 Å². The fourth-order valence-corrected chi connectivity index (χ4v) is 6.00. The molecule has 1 aliphatic carbocycles. The molecule has 40 heavy (non-hydrogen) atoms. The highest BCUT2D eigenvalue weighted by Crippen LogP contribution is 2.51. The number of carbonyl (C=O) groups is 1. The van der Waals surface area contributed by atoms with Crippen molar-refractivity contribution in [2.45, 2.75) is 33.1 Å². The van der Waals surface area contributed by atoms with Crippen molar-refractivity contribution < 1.29 is 4.79 Å². The quantitative estimate of drug-likeness (QED) is 0.207. The number of aldehydes is 1. The van der Waals surface area contributed by atoms with Crippen molar-refractivity contribution in [3.63, 3.8) is 0 Å². The zero-order valence-electron chi connectivity index (χ0n) is 23.8. The van der Waals surface area contributed by atoms with Gasteiger partial charge in [-0.1, -0.05) is 62.4 Å². The lowest BCUT2D eigenvalue weighted by Crippen LogP contribution is -2.17. The first-order valence-corrected chi connectivity index (χ1v) is 13.8. The third kappa shape index (κ3) is 4.38. The van der Waals surface area contributed by atoms with E-state index in [0.29, 0.717) is 5.56 Å². The molecule has 0 unspecified atom stereocenters. The molecule has 0 aliphatic heterocycles. The highest BCUT2D eigenvalue weighted by molar-refractivity contribution is 5.88. The van der Waals surface area contributed by atoms with Crippen LogP contribution in [0.25, 0.3) is 11.1 Å². The molecule has 0 heterocycles. The van der Waals surface area contributed by atoms with Crippen LogP contribution in [0.2, 0.25) is 0 Å². The van der Waals surface area contributed by atoms with Gasteiger partial charge in [-0.25, -0.2) is 0 Å². The zero-order valence-corrected chi connectivity index (χ0v) is 23.8. The van der Waals surface area contributed by atoms with Gasteiger partial charge in [-0.05, 0) is 108 Å². The van der Waals surface area contributed by atoms with Crippen molar-refractivity contribution in [3.8, 4) is 11.1 Å². The molecule has 0 atom stereocenters. The van der Waals surface area contributed by atoms with Crippen LogP contribution < -0.4 is 9.80 Å². The Balaban J connectivity index is 1.45. The summed E-state index contributed by atoms with van der Waals surface area (Å²) >= 11 is 0. The summed E-state index contributed by atoms with van der Waals surface area (Å²) in [6.07, 6.45) is 0.908. The Morgan fingerprint density at radius 2 is 1.05 bits per heavy atom. The van der Waals surface area contributed by atoms with Gasteiger partial charge in [0, 0.05) is 46.5 Å². The Morgan fingerprint density at radius 1 is 0.575 bits per heavy atom. The number of nitrogens with zero attached hydrogens (tertiary/aromatic N) is 2. The van der Waals surface area contributed by atoms with Gasteiger partial charge in [-0.2, -0.15) is 0 Å². The summed E-state index contributed by atoms with van der Waals surface area (Å²) in [5.74, 6) is 0. The summed E-state index contributed by atoms with van der Waals surface area (Å²) in [5.41, 5.74) is 13.6. The molecule has 0 amide bonds. The zero-order chi connectivity index (χ0) is 28.0. The second-order valence-electron chi connectivity index (χ2n) is 11.4. The first-order valence-electron chi connectivity index (χ1n) is 13.8. The minimum Gasteiger partial charge on any atom is -0.345 e. The maximum Gasteiger partial charge on any atom is 0.150 e. The Morgan fingerprint density at radius 3 is 1.68 bits per heavy atom. The third-order valence-corrected chi connectivity index (χ3v) is 8.20. The summed E-state index contributed by atoms with van der Waals surface area (Å²) in [6, 6.07) is 38.6. The van der Waals surface area contributed by atoms with E-state index < -0.39 is 0 Å². The molecule has 5 aromatic rings. The maximum absolute atomic E-state index is 11.6. The Bertz CT molecular complexity index is 1750. The number of rotatable bonds is 6. The second kappa shape index (κ2) is 9.84. The topological polar surface area (TPSA) is 23.6 Å². The fourth-order valence-electron chi connectivity index (χ4n) is 6.00. The first kappa shape index (κ1) is 25.6. The smallest absolute Gasteiger partial charge is 0.150 e. The Labute approximate surface area is 237 Å². The van der Waals surface area contributed by atoms with Crippen molar-refractivity contribution >= 4 is 34.7 Å². The average Bonchev–Trinajstić information content (AvgIpc) is 3.18. The third-order valence-electron chi connectivity index (χ3n) is 8.20. The SMILES string of the molecule is Cc1cccc(N(C)c2ccc3c(c2)C(C)(C)c2cc(N(c4cccc(C)c4)c4cccc(C=O)c4)ccc2-3)c1. The molecule has 3 heteroatoms.